The van der Waals surface area contributed by atoms with Crippen LogP contribution in [0.25, 0.3) is 21.9 Å². The van der Waals surface area contributed by atoms with Gasteiger partial charge in [-0.15, -0.1) is 0 Å². The highest BCUT2D eigenvalue weighted by Crippen LogP contribution is 2.41. The Labute approximate surface area is 231 Å². The second-order valence-electron chi connectivity index (χ2n) is 12.0. The lowest BCUT2D eigenvalue weighted by molar-refractivity contribution is 0.0573. The summed E-state index contributed by atoms with van der Waals surface area (Å²) in [5, 5.41) is 5.75. The summed E-state index contributed by atoms with van der Waals surface area (Å²) >= 11 is 0. The normalized spacial score (nSPS) is 22.3. The maximum Gasteiger partial charge on any atom is 0.257 e. The van der Waals surface area contributed by atoms with Gasteiger partial charge in [0.1, 0.15) is 11.2 Å². The first-order valence-electron chi connectivity index (χ1n) is 14.9. The van der Waals surface area contributed by atoms with Gasteiger partial charge in [0.05, 0.1) is 5.56 Å². The molecule has 0 spiro atoms. The average Bonchev–Trinajstić information content (AvgIpc) is 3.57. The monoisotopic (exact) mass is 521 g/mol. The molecule has 0 saturated carbocycles. The molecule has 1 N–H and O–H groups in total. The molecule has 0 bridgehead atoms. The summed E-state index contributed by atoms with van der Waals surface area (Å²) in [6.07, 6.45) is 6.98. The summed E-state index contributed by atoms with van der Waals surface area (Å²) in [5.74, 6) is 1.54. The largest absolute Gasteiger partial charge is 0.455 e. The van der Waals surface area contributed by atoms with Crippen LogP contribution in [0.1, 0.15) is 65.9 Å². The number of amides is 1. The molecule has 4 heterocycles. The Morgan fingerprint density at radius 2 is 1.79 bits per heavy atom. The van der Waals surface area contributed by atoms with Crippen LogP contribution in [0.2, 0.25) is 0 Å². The fraction of sp³-hybridized carbons (Fsp3) is 0.441. The molecule has 0 radical (unpaired) electrons. The predicted octanol–water partition coefficient (Wildman–Crippen LogP) is 7.20. The Morgan fingerprint density at radius 1 is 0.949 bits per heavy atom. The summed E-state index contributed by atoms with van der Waals surface area (Å²) in [5.41, 5.74) is 6.52. The number of anilines is 1. The van der Waals surface area contributed by atoms with Crippen LogP contribution in [-0.4, -0.2) is 54.5 Å². The smallest absolute Gasteiger partial charge is 0.257 e. The lowest BCUT2D eigenvalue weighted by Crippen LogP contribution is -2.46. The lowest BCUT2D eigenvalue weighted by Gasteiger charge is -2.39. The van der Waals surface area contributed by atoms with Crippen molar-refractivity contribution in [3.63, 3.8) is 0 Å². The molecule has 5 heteroatoms. The highest BCUT2D eigenvalue weighted by Gasteiger charge is 2.33. The minimum Gasteiger partial charge on any atom is -0.455 e. The van der Waals surface area contributed by atoms with Crippen molar-refractivity contribution in [1.29, 1.82) is 0 Å². The number of piperidine rings is 2. The number of nitrogens with zero attached hydrogens (tertiary/aromatic N) is 2. The van der Waals surface area contributed by atoms with Gasteiger partial charge in [-0.3, -0.25) is 4.79 Å². The van der Waals surface area contributed by atoms with Crippen molar-refractivity contribution in [2.45, 2.75) is 57.4 Å². The lowest BCUT2D eigenvalue weighted by atomic mass is 9.81. The SMILES string of the molecule is Cc1ccc2c(c1)C(C1CCN(CC[C@@H]3CCCCN3C(=O)c3cccc4c3oc3ccccc34)CC1)CN2. The first-order chi connectivity index (χ1) is 19.2. The number of carbonyl (C=O) groups excluding carboxylic acids is 1. The summed E-state index contributed by atoms with van der Waals surface area (Å²) in [6, 6.07) is 21.3. The standard InChI is InChI=1S/C34H39N3O2/c1-23-12-13-31-29(21-23)30(22-35-31)24-14-18-36(19-15-24)20-16-25-7-4-5-17-37(25)34(38)28-10-6-9-27-26-8-2-3-11-32(26)39-33(27)28/h2-3,6,8-13,21,24-25,30,35H,4-5,7,14-20,22H2,1H3/t25-,30?/m0/s1. The van der Waals surface area contributed by atoms with E-state index in [1.54, 1.807) is 0 Å². The van der Waals surface area contributed by atoms with E-state index in [9.17, 15) is 4.79 Å². The highest BCUT2D eigenvalue weighted by atomic mass is 16.3. The molecule has 7 rings (SSSR count). The topological polar surface area (TPSA) is 48.7 Å². The van der Waals surface area contributed by atoms with Gasteiger partial charge in [-0.2, -0.15) is 0 Å². The molecule has 5 nitrogen and oxygen atoms in total. The highest BCUT2D eigenvalue weighted by molar-refractivity contribution is 6.13. The first kappa shape index (κ1) is 24.7. The van der Waals surface area contributed by atoms with Crippen molar-refractivity contribution >= 4 is 33.5 Å². The third kappa shape index (κ3) is 4.61. The zero-order valence-electron chi connectivity index (χ0n) is 23.0. The van der Waals surface area contributed by atoms with E-state index in [2.05, 4.69) is 52.4 Å². The Bertz CT molecular complexity index is 1500. The number of carbonyl (C=O) groups is 1. The second-order valence-corrected chi connectivity index (χ2v) is 12.0. The molecule has 1 aromatic heterocycles. The second kappa shape index (κ2) is 10.3. The molecular weight excluding hydrogens is 482 g/mol. The van der Waals surface area contributed by atoms with Crippen LogP contribution in [0.5, 0.6) is 0 Å². The summed E-state index contributed by atoms with van der Waals surface area (Å²) < 4.78 is 6.21. The molecule has 3 aromatic carbocycles. The molecule has 2 fully saturated rings. The van der Waals surface area contributed by atoms with Gasteiger partial charge >= 0.3 is 0 Å². The molecular formula is C34H39N3O2. The van der Waals surface area contributed by atoms with Crippen LogP contribution >= 0.6 is 0 Å². The third-order valence-electron chi connectivity index (χ3n) is 9.62. The van der Waals surface area contributed by atoms with E-state index in [0.29, 0.717) is 17.5 Å². The van der Waals surface area contributed by atoms with Gasteiger partial charge in [-0.05, 0) is 88.2 Å². The van der Waals surface area contributed by atoms with Crippen LogP contribution in [0.3, 0.4) is 0 Å². The van der Waals surface area contributed by atoms with E-state index in [0.717, 1.165) is 66.8 Å². The van der Waals surface area contributed by atoms with Gasteiger partial charge in [0.15, 0.2) is 0 Å². The van der Waals surface area contributed by atoms with E-state index < -0.39 is 0 Å². The number of para-hydroxylation sites is 2. The molecule has 39 heavy (non-hydrogen) atoms. The number of rotatable bonds is 5. The average molecular weight is 522 g/mol. The number of nitrogens with one attached hydrogen (secondary N) is 1. The quantitative estimate of drug-likeness (QED) is 0.302. The molecule has 1 unspecified atom stereocenters. The number of aryl methyl sites for hydroxylation is 1. The maximum atomic E-state index is 13.9. The Balaban J connectivity index is 1.00. The third-order valence-corrected chi connectivity index (χ3v) is 9.62. The number of hydrogen-bond acceptors (Lipinski definition) is 4. The van der Waals surface area contributed by atoms with E-state index >= 15 is 0 Å². The minimum atomic E-state index is 0.130. The van der Waals surface area contributed by atoms with Gasteiger partial charge in [0.25, 0.3) is 5.91 Å². The number of furan rings is 1. The fourth-order valence-corrected chi connectivity index (χ4v) is 7.45. The Morgan fingerprint density at radius 3 is 2.69 bits per heavy atom. The molecule has 4 aromatic rings. The molecule has 0 aliphatic carbocycles. The van der Waals surface area contributed by atoms with E-state index in [1.165, 1.54) is 49.2 Å². The number of likely N-dealkylation sites (tertiary alicyclic amines) is 2. The van der Waals surface area contributed by atoms with Crippen molar-refractivity contribution in [1.82, 2.24) is 9.80 Å². The van der Waals surface area contributed by atoms with Crippen molar-refractivity contribution in [3.8, 4) is 0 Å². The van der Waals surface area contributed by atoms with Crippen molar-refractivity contribution < 1.29 is 9.21 Å². The predicted molar refractivity (Wildman–Crippen MR) is 159 cm³/mol. The number of benzene rings is 3. The van der Waals surface area contributed by atoms with Gasteiger partial charge in [0.2, 0.25) is 0 Å². The Hall–Kier alpha value is -3.31. The van der Waals surface area contributed by atoms with Crippen LogP contribution in [0, 0.1) is 12.8 Å². The number of fused-ring (bicyclic) bond motifs is 4. The summed E-state index contributed by atoms with van der Waals surface area (Å²) in [4.78, 5) is 18.7. The van der Waals surface area contributed by atoms with Gasteiger partial charge < -0.3 is 19.5 Å². The van der Waals surface area contributed by atoms with Gasteiger partial charge in [0, 0.05) is 48.1 Å². The molecule has 3 aliphatic rings. The van der Waals surface area contributed by atoms with Crippen LogP contribution in [0.4, 0.5) is 5.69 Å². The molecule has 1 amide bonds. The Kier molecular flexibility index (Phi) is 6.56. The minimum absolute atomic E-state index is 0.130. The van der Waals surface area contributed by atoms with Gasteiger partial charge in [-0.25, -0.2) is 0 Å². The molecule has 202 valence electrons. The zero-order chi connectivity index (χ0) is 26.3. The fourth-order valence-electron chi connectivity index (χ4n) is 7.45. The van der Waals surface area contributed by atoms with E-state index in [-0.39, 0.29) is 5.91 Å². The molecule has 2 saturated heterocycles. The van der Waals surface area contributed by atoms with Crippen LogP contribution in [0.15, 0.2) is 65.1 Å². The van der Waals surface area contributed by atoms with Crippen molar-refractivity contribution in [3.05, 3.63) is 77.4 Å². The van der Waals surface area contributed by atoms with Crippen LogP contribution in [-0.2, 0) is 0 Å². The molecule has 3 aliphatic heterocycles. The summed E-state index contributed by atoms with van der Waals surface area (Å²) in [6.45, 7) is 7.54. The van der Waals surface area contributed by atoms with Crippen LogP contribution < -0.4 is 5.32 Å². The molecule has 2 atom stereocenters. The van der Waals surface area contributed by atoms with E-state index in [4.69, 9.17) is 4.42 Å². The van der Waals surface area contributed by atoms with Gasteiger partial charge in [-0.1, -0.05) is 48.0 Å². The van der Waals surface area contributed by atoms with Crippen molar-refractivity contribution in [2.24, 2.45) is 5.92 Å². The maximum absolute atomic E-state index is 13.9. The van der Waals surface area contributed by atoms with E-state index in [1.807, 2.05) is 30.3 Å². The first-order valence-corrected chi connectivity index (χ1v) is 14.9. The number of hydrogen-bond donors (Lipinski definition) is 1. The zero-order valence-corrected chi connectivity index (χ0v) is 23.0. The van der Waals surface area contributed by atoms with Crippen molar-refractivity contribution in [2.75, 3.05) is 38.0 Å². The summed E-state index contributed by atoms with van der Waals surface area (Å²) in [7, 11) is 0.